The minimum absolute atomic E-state index is 0.927. The minimum Gasteiger partial charge on any atom is -0.299 e. The van der Waals surface area contributed by atoms with E-state index in [0.29, 0.717) is 0 Å². The van der Waals surface area contributed by atoms with Crippen molar-refractivity contribution in [3.8, 4) is 11.3 Å². The van der Waals surface area contributed by atoms with Crippen LogP contribution in [0.1, 0.15) is 68.1 Å². The Balaban J connectivity index is 1.34. The Morgan fingerprint density at radius 1 is 1.03 bits per heavy atom. The number of hydrogen-bond acceptors (Lipinski definition) is 4. The summed E-state index contributed by atoms with van der Waals surface area (Å²) in [5, 5.41) is 2.15. The van der Waals surface area contributed by atoms with Crippen molar-refractivity contribution < 1.29 is 0 Å². The van der Waals surface area contributed by atoms with E-state index in [1.807, 2.05) is 23.6 Å². The molecular formula is C28H37N3S. The van der Waals surface area contributed by atoms with Crippen molar-refractivity contribution in [3.05, 3.63) is 70.3 Å². The average Bonchev–Trinajstić information content (AvgIpc) is 3.36. The van der Waals surface area contributed by atoms with Crippen LogP contribution in [0.3, 0.4) is 0 Å². The van der Waals surface area contributed by atoms with Crippen molar-refractivity contribution in [2.75, 3.05) is 13.1 Å². The molecule has 2 aromatic heterocycles. The molecule has 0 saturated heterocycles. The third kappa shape index (κ3) is 6.98. The highest BCUT2D eigenvalue weighted by Crippen LogP contribution is 2.27. The molecule has 0 spiro atoms. The zero-order valence-corrected chi connectivity index (χ0v) is 20.3. The zero-order chi connectivity index (χ0) is 22.0. The van der Waals surface area contributed by atoms with Gasteiger partial charge in [0.25, 0.3) is 0 Å². The summed E-state index contributed by atoms with van der Waals surface area (Å²) in [6.45, 7) is 5.64. The molecule has 1 aliphatic carbocycles. The first-order valence-corrected chi connectivity index (χ1v) is 13.3. The second-order valence-corrected chi connectivity index (χ2v) is 10.2. The molecule has 3 nitrogen and oxygen atoms in total. The average molecular weight is 448 g/mol. The topological polar surface area (TPSA) is 29.0 Å². The Morgan fingerprint density at radius 2 is 1.94 bits per heavy atom. The van der Waals surface area contributed by atoms with Crippen molar-refractivity contribution >= 4 is 11.3 Å². The maximum absolute atomic E-state index is 4.88. The highest BCUT2D eigenvalue weighted by molar-refractivity contribution is 7.09. The summed E-state index contributed by atoms with van der Waals surface area (Å²) in [7, 11) is 0. The van der Waals surface area contributed by atoms with Gasteiger partial charge in [-0.3, -0.25) is 4.90 Å². The maximum atomic E-state index is 4.88. The van der Waals surface area contributed by atoms with E-state index < -0.39 is 0 Å². The van der Waals surface area contributed by atoms with Gasteiger partial charge < -0.3 is 0 Å². The summed E-state index contributed by atoms with van der Waals surface area (Å²) in [6, 6.07) is 15.3. The molecule has 0 bridgehead atoms. The Kier molecular flexibility index (Phi) is 8.87. The summed E-state index contributed by atoms with van der Waals surface area (Å²) in [5.74, 6) is 1.90. The fourth-order valence-corrected chi connectivity index (χ4v) is 5.58. The van der Waals surface area contributed by atoms with Crippen LogP contribution in [0.2, 0.25) is 0 Å². The van der Waals surface area contributed by atoms with Gasteiger partial charge in [0.1, 0.15) is 5.82 Å². The predicted octanol–water partition coefficient (Wildman–Crippen LogP) is 7.17. The maximum Gasteiger partial charge on any atom is 0.128 e. The molecule has 170 valence electrons. The van der Waals surface area contributed by atoms with E-state index in [1.165, 1.54) is 61.1 Å². The summed E-state index contributed by atoms with van der Waals surface area (Å²) in [5.41, 5.74) is 3.62. The molecule has 1 aliphatic rings. The standard InChI is InChI=1S/C28H37N3S/c1-2-31(19-17-23-9-4-3-5-10-23)22-24-11-6-12-25(21-24)27-16-18-29-28(30-27)15-7-13-26-14-8-20-32-26/h6,8,11-12,14,16,18,20-21,23H,2-5,7,9-10,13,15,17,19,22H2,1H3. The quantitative estimate of drug-likeness (QED) is 0.312. The molecule has 4 rings (SSSR count). The Morgan fingerprint density at radius 3 is 2.75 bits per heavy atom. The van der Waals surface area contributed by atoms with Gasteiger partial charge >= 0.3 is 0 Å². The number of hydrogen-bond donors (Lipinski definition) is 0. The van der Waals surface area contributed by atoms with Crippen LogP contribution >= 0.6 is 11.3 Å². The van der Waals surface area contributed by atoms with Crippen LogP contribution in [-0.2, 0) is 19.4 Å². The second kappa shape index (κ2) is 12.3. The van der Waals surface area contributed by atoms with Crippen LogP contribution in [0.15, 0.2) is 54.0 Å². The van der Waals surface area contributed by atoms with Gasteiger partial charge in [-0.05, 0) is 67.4 Å². The number of thiophene rings is 1. The fraction of sp³-hybridized carbons (Fsp3) is 0.500. The van der Waals surface area contributed by atoms with E-state index in [2.05, 4.69) is 58.6 Å². The van der Waals surface area contributed by atoms with Gasteiger partial charge in [-0.2, -0.15) is 0 Å². The van der Waals surface area contributed by atoms with Crippen molar-refractivity contribution in [2.24, 2.45) is 5.92 Å². The summed E-state index contributed by atoms with van der Waals surface area (Å²) < 4.78 is 0. The third-order valence-corrected chi connectivity index (χ3v) is 7.70. The molecule has 0 N–H and O–H groups in total. The summed E-state index contributed by atoms with van der Waals surface area (Å²) >= 11 is 1.83. The van der Waals surface area contributed by atoms with E-state index in [1.54, 1.807) is 0 Å². The highest BCUT2D eigenvalue weighted by Gasteiger charge is 2.15. The minimum atomic E-state index is 0.927. The number of aryl methyl sites for hydroxylation is 2. The van der Waals surface area contributed by atoms with Crippen molar-refractivity contribution in [2.45, 2.75) is 71.3 Å². The third-order valence-electron chi connectivity index (χ3n) is 6.76. The molecule has 1 saturated carbocycles. The van der Waals surface area contributed by atoms with Crippen molar-refractivity contribution in [1.82, 2.24) is 14.9 Å². The van der Waals surface area contributed by atoms with E-state index in [9.17, 15) is 0 Å². The molecule has 0 unspecified atom stereocenters. The van der Waals surface area contributed by atoms with Gasteiger partial charge in [-0.15, -0.1) is 11.3 Å². The van der Waals surface area contributed by atoms with Crippen LogP contribution in [0.25, 0.3) is 11.3 Å². The molecule has 0 aliphatic heterocycles. The molecule has 3 aromatic rings. The number of rotatable bonds is 11. The lowest BCUT2D eigenvalue weighted by Gasteiger charge is -2.26. The molecule has 0 atom stereocenters. The van der Waals surface area contributed by atoms with Crippen molar-refractivity contribution in [1.29, 1.82) is 0 Å². The first-order chi connectivity index (χ1) is 15.8. The predicted molar refractivity (Wildman–Crippen MR) is 136 cm³/mol. The van der Waals surface area contributed by atoms with E-state index in [0.717, 1.165) is 49.8 Å². The highest BCUT2D eigenvalue weighted by atomic mass is 32.1. The molecular weight excluding hydrogens is 410 g/mol. The lowest BCUT2D eigenvalue weighted by molar-refractivity contribution is 0.234. The molecule has 1 aromatic carbocycles. The van der Waals surface area contributed by atoms with Crippen LogP contribution < -0.4 is 0 Å². The number of benzene rings is 1. The van der Waals surface area contributed by atoms with Crippen LogP contribution in [0.4, 0.5) is 0 Å². The lowest BCUT2D eigenvalue weighted by atomic mass is 9.87. The summed E-state index contributed by atoms with van der Waals surface area (Å²) in [4.78, 5) is 13.4. The van der Waals surface area contributed by atoms with Gasteiger partial charge in [-0.1, -0.05) is 63.3 Å². The molecule has 4 heteroatoms. The number of nitrogens with zero attached hydrogens (tertiary/aromatic N) is 3. The van der Waals surface area contributed by atoms with Crippen LogP contribution in [0, 0.1) is 5.92 Å². The van der Waals surface area contributed by atoms with Gasteiger partial charge in [0.15, 0.2) is 0 Å². The van der Waals surface area contributed by atoms with Crippen LogP contribution in [-0.4, -0.2) is 28.0 Å². The lowest BCUT2D eigenvalue weighted by Crippen LogP contribution is -2.26. The molecule has 0 radical (unpaired) electrons. The monoisotopic (exact) mass is 447 g/mol. The first-order valence-electron chi connectivity index (χ1n) is 12.5. The van der Waals surface area contributed by atoms with E-state index in [-0.39, 0.29) is 0 Å². The second-order valence-electron chi connectivity index (χ2n) is 9.15. The fourth-order valence-electron chi connectivity index (χ4n) is 4.83. The molecule has 1 fully saturated rings. The number of aromatic nitrogens is 2. The Bertz CT molecular complexity index is 931. The SMILES string of the molecule is CCN(CCC1CCCCC1)Cc1cccc(-c2ccnc(CCCc3cccs3)n2)c1. The molecule has 2 heterocycles. The molecule has 32 heavy (non-hydrogen) atoms. The van der Waals surface area contributed by atoms with Gasteiger partial charge in [0.05, 0.1) is 5.69 Å². The largest absolute Gasteiger partial charge is 0.299 e. The van der Waals surface area contributed by atoms with Crippen molar-refractivity contribution in [3.63, 3.8) is 0 Å². The van der Waals surface area contributed by atoms with E-state index >= 15 is 0 Å². The van der Waals surface area contributed by atoms with Gasteiger partial charge in [0, 0.05) is 29.6 Å². The smallest absolute Gasteiger partial charge is 0.128 e. The van der Waals surface area contributed by atoms with Gasteiger partial charge in [0.2, 0.25) is 0 Å². The Hall–Kier alpha value is -2.04. The first kappa shape index (κ1) is 23.1. The van der Waals surface area contributed by atoms with E-state index in [4.69, 9.17) is 4.98 Å². The zero-order valence-electron chi connectivity index (χ0n) is 19.5. The van der Waals surface area contributed by atoms with Gasteiger partial charge in [-0.25, -0.2) is 9.97 Å². The molecule has 0 amide bonds. The summed E-state index contributed by atoms with van der Waals surface area (Å²) in [6.07, 6.45) is 13.6. The normalized spacial score (nSPS) is 14.8. The van der Waals surface area contributed by atoms with Crippen LogP contribution in [0.5, 0.6) is 0 Å². The Labute approximate surface area is 197 Å².